The van der Waals surface area contributed by atoms with Gasteiger partial charge in [-0.1, -0.05) is 29.8 Å². The Hall–Kier alpha value is -1.06. The van der Waals surface area contributed by atoms with Crippen LogP contribution < -0.4 is 0 Å². The molecule has 0 aliphatic carbocycles. The molecule has 0 radical (unpaired) electrons. The zero-order valence-corrected chi connectivity index (χ0v) is 10.7. The Morgan fingerprint density at radius 3 is 2.75 bits per heavy atom. The highest BCUT2D eigenvalue weighted by Crippen LogP contribution is 2.35. The summed E-state index contributed by atoms with van der Waals surface area (Å²) in [5.41, 5.74) is 0.945. The SMILES string of the molecule is CN(C)C(=O)Cc1c(Cl)sc2ccccc12. The van der Waals surface area contributed by atoms with Crippen LogP contribution in [0, 0.1) is 0 Å². The molecule has 0 fully saturated rings. The number of fused-ring (bicyclic) bond motifs is 1. The minimum absolute atomic E-state index is 0.0745. The van der Waals surface area contributed by atoms with E-state index >= 15 is 0 Å². The number of rotatable bonds is 2. The summed E-state index contributed by atoms with van der Waals surface area (Å²) >= 11 is 7.69. The van der Waals surface area contributed by atoms with Gasteiger partial charge in [0.05, 0.1) is 10.8 Å². The number of carbonyl (C=O) groups is 1. The van der Waals surface area contributed by atoms with Gasteiger partial charge < -0.3 is 4.90 Å². The minimum atomic E-state index is 0.0745. The molecule has 84 valence electrons. The first-order chi connectivity index (χ1) is 7.59. The summed E-state index contributed by atoms with van der Waals surface area (Å²) in [6.07, 6.45) is 0.371. The molecule has 0 bridgehead atoms. The topological polar surface area (TPSA) is 20.3 Å². The summed E-state index contributed by atoms with van der Waals surface area (Å²) in [6, 6.07) is 7.98. The number of thiophene rings is 1. The molecule has 1 heterocycles. The number of halogens is 1. The first-order valence-corrected chi connectivity index (χ1v) is 6.15. The van der Waals surface area contributed by atoms with Crippen LogP contribution in [-0.4, -0.2) is 24.9 Å². The van der Waals surface area contributed by atoms with Crippen molar-refractivity contribution in [3.63, 3.8) is 0 Å². The summed E-state index contributed by atoms with van der Waals surface area (Å²) < 4.78 is 1.85. The highest BCUT2D eigenvalue weighted by molar-refractivity contribution is 7.22. The molecule has 0 spiro atoms. The number of hydrogen-bond donors (Lipinski definition) is 0. The van der Waals surface area contributed by atoms with E-state index in [0.29, 0.717) is 6.42 Å². The smallest absolute Gasteiger partial charge is 0.226 e. The maximum Gasteiger partial charge on any atom is 0.226 e. The quantitative estimate of drug-likeness (QED) is 0.805. The molecular weight excluding hydrogens is 242 g/mol. The summed E-state index contributed by atoms with van der Waals surface area (Å²) in [4.78, 5) is 13.3. The zero-order valence-electron chi connectivity index (χ0n) is 9.16. The van der Waals surface area contributed by atoms with E-state index in [2.05, 4.69) is 0 Å². The third kappa shape index (κ3) is 2.06. The molecule has 2 nitrogen and oxygen atoms in total. The van der Waals surface area contributed by atoms with E-state index in [0.717, 1.165) is 20.0 Å². The van der Waals surface area contributed by atoms with E-state index in [1.165, 1.54) is 11.3 Å². The minimum Gasteiger partial charge on any atom is -0.349 e. The molecule has 2 aromatic rings. The van der Waals surface area contributed by atoms with Crippen molar-refractivity contribution < 1.29 is 4.79 Å². The monoisotopic (exact) mass is 253 g/mol. The Bertz CT molecular complexity index is 533. The van der Waals surface area contributed by atoms with Gasteiger partial charge in [0.15, 0.2) is 0 Å². The average molecular weight is 254 g/mol. The number of likely N-dealkylation sites (N-methyl/N-ethyl adjacent to an activating group) is 1. The standard InChI is InChI=1S/C12H12ClNOS/c1-14(2)11(15)7-9-8-5-3-4-6-10(8)16-12(9)13/h3-6H,7H2,1-2H3. The number of amides is 1. The van der Waals surface area contributed by atoms with Crippen molar-refractivity contribution in [2.45, 2.75) is 6.42 Å². The van der Waals surface area contributed by atoms with Crippen LogP contribution in [0.2, 0.25) is 4.34 Å². The van der Waals surface area contributed by atoms with Crippen LogP contribution in [0.15, 0.2) is 24.3 Å². The first-order valence-electron chi connectivity index (χ1n) is 4.95. The second kappa shape index (κ2) is 4.44. The van der Waals surface area contributed by atoms with Crippen molar-refractivity contribution in [1.82, 2.24) is 4.90 Å². The average Bonchev–Trinajstić information content (AvgIpc) is 2.55. The maximum atomic E-state index is 11.7. The number of carbonyl (C=O) groups excluding carboxylic acids is 1. The molecule has 0 atom stereocenters. The molecule has 0 aliphatic rings. The van der Waals surface area contributed by atoms with Gasteiger partial charge in [0.25, 0.3) is 0 Å². The normalized spacial score (nSPS) is 10.7. The zero-order chi connectivity index (χ0) is 11.7. The Labute approximate surface area is 103 Å². The van der Waals surface area contributed by atoms with Gasteiger partial charge >= 0.3 is 0 Å². The van der Waals surface area contributed by atoms with Crippen LogP contribution in [-0.2, 0) is 11.2 Å². The molecule has 1 aromatic heterocycles. The predicted octanol–water partition coefficient (Wildman–Crippen LogP) is 3.19. The molecule has 1 amide bonds. The highest BCUT2D eigenvalue weighted by atomic mass is 35.5. The Balaban J connectivity index is 2.44. The van der Waals surface area contributed by atoms with Gasteiger partial charge in [-0.2, -0.15) is 0 Å². The van der Waals surface area contributed by atoms with Crippen LogP contribution in [0.1, 0.15) is 5.56 Å². The van der Waals surface area contributed by atoms with Crippen molar-refractivity contribution in [2.24, 2.45) is 0 Å². The molecule has 0 saturated heterocycles. The number of benzene rings is 1. The first kappa shape index (κ1) is 11.4. The van der Waals surface area contributed by atoms with Crippen LogP contribution in [0.25, 0.3) is 10.1 Å². The fourth-order valence-electron chi connectivity index (χ4n) is 1.54. The van der Waals surface area contributed by atoms with Crippen LogP contribution in [0.3, 0.4) is 0 Å². The Kier molecular flexibility index (Phi) is 3.17. The predicted molar refractivity (Wildman–Crippen MR) is 69.2 cm³/mol. The van der Waals surface area contributed by atoms with Gasteiger partial charge in [-0.25, -0.2) is 0 Å². The van der Waals surface area contributed by atoms with Gasteiger partial charge in [-0.05, 0) is 17.0 Å². The van der Waals surface area contributed by atoms with Crippen molar-refractivity contribution in [2.75, 3.05) is 14.1 Å². The third-order valence-electron chi connectivity index (χ3n) is 2.48. The van der Waals surface area contributed by atoms with E-state index in [9.17, 15) is 4.79 Å². The Morgan fingerprint density at radius 1 is 1.38 bits per heavy atom. The van der Waals surface area contributed by atoms with E-state index in [1.807, 2.05) is 24.3 Å². The van der Waals surface area contributed by atoms with Crippen LogP contribution in [0.5, 0.6) is 0 Å². The van der Waals surface area contributed by atoms with E-state index in [-0.39, 0.29) is 5.91 Å². The third-order valence-corrected chi connectivity index (χ3v) is 3.94. The lowest BCUT2D eigenvalue weighted by Gasteiger charge is -2.09. The maximum absolute atomic E-state index is 11.7. The summed E-state index contributed by atoms with van der Waals surface area (Å²) in [7, 11) is 3.51. The molecule has 0 aliphatic heterocycles. The fraction of sp³-hybridized carbons (Fsp3) is 0.250. The second-order valence-corrected chi connectivity index (χ2v) is 5.47. The van der Waals surface area contributed by atoms with Crippen LogP contribution in [0.4, 0.5) is 0 Å². The lowest BCUT2D eigenvalue weighted by atomic mass is 10.1. The summed E-state index contributed by atoms with van der Waals surface area (Å²) in [5, 5.41) is 1.09. The highest BCUT2D eigenvalue weighted by Gasteiger charge is 2.14. The van der Waals surface area contributed by atoms with Gasteiger partial charge in [-0.15, -0.1) is 11.3 Å². The molecule has 16 heavy (non-hydrogen) atoms. The molecule has 4 heteroatoms. The van der Waals surface area contributed by atoms with Gasteiger partial charge in [0.2, 0.25) is 5.91 Å². The lowest BCUT2D eigenvalue weighted by Crippen LogP contribution is -2.23. The lowest BCUT2D eigenvalue weighted by molar-refractivity contribution is -0.127. The molecule has 2 rings (SSSR count). The molecule has 0 N–H and O–H groups in total. The van der Waals surface area contributed by atoms with Gasteiger partial charge in [-0.3, -0.25) is 4.79 Å². The summed E-state index contributed by atoms with van der Waals surface area (Å²) in [6.45, 7) is 0. The van der Waals surface area contributed by atoms with Gasteiger partial charge in [0.1, 0.15) is 0 Å². The van der Waals surface area contributed by atoms with Crippen molar-refractivity contribution >= 4 is 38.9 Å². The molecular formula is C12H12ClNOS. The fourth-order valence-corrected chi connectivity index (χ4v) is 2.91. The Morgan fingerprint density at radius 2 is 2.06 bits per heavy atom. The molecule has 1 aromatic carbocycles. The van der Waals surface area contributed by atoms with Crippen molar-refractivity contribution in [3.8, 4) is 0 Å². The number of nitrogens with zero attached hydrogens (tertiary/aromatic N) is 1. The van der Waals surface area contributed by atoms with E-state index in [4.69, 9.17) is 11.6 Å². The van der Waals surface area contributed by atoms with E-state index < -0.39 is 0 Å². The molecule has 0 saturated carbocycles. The number of hydrogen-bond acceptors (Lipinski definition) is 2. The van der Waals surface area contributed by atoms with Crippen molar-refractivity contribution in [3.05, 3.63) is 34.2 Å². The second-order valence-electron chi connectivity index (χ2n) is 3.82. The molecule has 0 unspecified atom stereocenters. The van der Waals surface area contributed by atoms with Crippen molar-refractivity contribution in [1.29, 1.82) is 0 Å². The van der Waals surface area contributed by atoms with Gasteiger partial charge in [0, 0.05) is 18.8 Å². The summed E-state index contributed by atoms with van der Waals surface area (Å²) in [5.74, 6) is 0.0745. The van der Waals surface area contributed by atoms with E-state index in [1.54, 1.807) is 19.0 Å². The van der Waals surface area contributed by atoms with Crippen LogP contribution >= 0.6 is 22.9 Å². The largest absolute Gasteiger partial charge is 0.349 e.